The third kappa shape index (κ3) is 7.54. The highest BCUT2D eigenvalue weighted by Crippen LogP contribution is 2.34. The highest BCUT2D eigenvalue weighted by Gasteiger charge is 2.38. The predicted octanol–water partition coefficient (Wildman–Crippen LogP) is 6.26. The molecule has 204 valence electrons. The van der Waals surface area contributed by atoms with E-state index >= 15 is 0 Å². The fourth-order valence-electron chi connectivity index (χ4n) is 4.83. The van der Waals surface area contributed by atoms with Gasteiger partial charge in [0.2, 0.25) is 0 Å². The molecule has 4 rings (SSSR count). The van der Waals surface area contributed by atoms with Gasteiger partial charge in [-0.25, -0.2) is 14.6 Å². The second-order valence-corrected chi connectivity index (χ2v) is 10.5. The van der Waals surface area contributed by atoms with E-state index in [-0.39, 0.29) is 12.1 Å². The third-order valence-corrected chi connectivity index (χ3v) is 6.46. The van der Waals surface area contributed by atoms with Crippen LogP contribution in [0.15, 0.2) is 85.1 Å². The highest BCUT2D eigenvalue weighted by molar-refractivity contribution is 5.88. The number of carbonyl (C=O) groups excluding carboxylic acids is 2. The average Bonchev–Trinajstić information content (AvgIpc) is 3.38. The number of anilines is 1. The third-order valence-electron chi connectivity index (χ3n) is 6.46. The van der Waals surface area contributed by atoms with Gasteiger partial charge in [-0.3, -0.25) is 9.80 Å². The Morgan fingerprint density at radius 2 is 1.67 bits per heavy atom. The van der Waals surface area contributed by atoms with Crippen molar-refractivity contribution in [2.24, 2.45) is 0 Å². The molecule has 0 bridgehead atoms. The number of amides is 1. The van der Waals surface area contributed by atoms with E-state index < -0.39 is 17.7 Å². The quantitative estimate of drug-likeness (QED) is 0.254. The Labute approximate surface area is 231 Å². The summed E-state index contributed by atoms with van der Waals surface area (Å²) in [7, 11) is 0. The molecule has 7 heteroatoms. The molecule has 2 aromatic carbocycles. The van der Waals surface area contributed by atoms with Crippen molar-refractivity contribution in [2.45, 2.75) is 51.8 Å². The van der Waals surface area contributed by atoms with E-state index in [0.717, 1.165) is 18.5 Å². The molecule has 1 aliphatic heterocycles. The first-order valence-electron chi connectivity index (χ1n) is 13.4. The number of rotatable bonds is 8. The van der Waals surface area contributed by atoms with Crippen molar-refractivity contribution in [3.8, 4) is 0 Å². The summed E-state index contributed by atoms with van der Waals surface area (Å²) in [6.07, 6.45) is 5.02. The smallest absolute Gasteiger partial charge is 0.416 e. The fraction of sp³-hybridized carbons (Fsp3) is 0.344. The zero-order chi connectivity index (χ0) is 27.8. The first-order chi connectivity index (χ1) is 18.7. The van der Waals surface area contributed by atoms with E-state index in [9.17, 15) is 9.59 Å². The molecule has 1 saturated heterocycles. The molecule has 3 aromatic rings. The fourth-order valence-corrected chi connectivity index (χ4v) is 4.83. The van der Waals surface area contributed by atoms with Gasteiger partial charge in [0.15, 0.2) is 0 Å². The molecule has 1 aromatic heterocycles. The second-order valence-electron chi connectivity index (χ2n) is 10.5. The van der Waals surface area contributed by atoms with Crippen molar-refractivity contribution in [3.63, 3.8) is 0 Å². The summed E-state index contributed by atoms with van der Waals surface area (Å²) in [5.74, 6) is 0.106. The van der Waals surface area contributed by atoms with E-state index in [0.29, 0.717) is 19.0 Å². The number of pyridine rings is 1. The van der Waals surface area contributed by atoms with Crippen LogP contribution in [-0.4, -0.2) is 53.3 Å². The number of benzene rings is 2. The number of likely N-dealkylation sites (tertiary alicyclic amines) is 1. The van der Waals surface area contributed by atoms with Gasteiger partial charge in [0, 0.05) is 25.4 Å². The van der Waals surface area contributed by atoms with Crippen molar-refractivity contribution in [2.75, 3.05) is 24.6 Å². The number of aromatic nitrogens is 1. The lowest BCUT2D eigenvalue weighted by atomic mass is 9.97. The van der Waals surface area contributed by atoms with Crippen LogP contribution in [0.3, 0.4) is 0 Å². The van der Waals surface area contributed by atoms with Crippen LogP contribution >= 0.6 is 0 Å². The largest absolute Gasteiger partial charge is 0.463 e. The Balaban J connectivity index is 1.60. The first-order valence-corrected chi connectivity index (χ1v) is 13.4. The highest BCUT2D eigenvalue weighted by atomic mass is 16.6. The minimum absolute atomic E-state index is 0.0706. The van der Waals surface area contributed by atoms with Crippen LogP contribution in [0.4, 0.5) is 10.6 Å². The Morgan fingerprint density at radius 1 is 1.03 bits per heavy atom. The normalized spacial score (nSPS) is 16.0. The maximum Gasteiger partial charge on any atom is 0.416 e. The van der Waals surface area contributed by atoms with Crippen LogP contribution in [0.5, 0.6) is 0 Å². The maximum absolute atomic E-state index is 13.5. The van der Waals surface area contributed by atoms with Crippen LogP contribution < -0.4 is 4.90 Å². The second kappa shape index (κ2) is 12.7. The zero-order valence-electron chi connectivity index (χ0n) is 23.1. The van der Waals surface area contributed by atoms with Gasteiger partial charge >= 0.3 is 12.1 Å². The summed E-state index contributed by atoms with van der Waals surface area (Å²) < 4.78 is 10.8. The van der Waals surface area contributed by atoms with Crippen LogP contribution in [0, 0.1) is 0 Å². The van der Waals surface area contributed by atoms with Crippen molar-refractivity contribution >= 4 is 24.0 Å². The Kier molecular flexibility index (Phi) is 9.15. The molecule has 0 saturated carbocycles. The molecule has 1 atom stereocenters. The number of hydrogen-bond donors (Lipinski definition) is 0. The van der Waals surface area contributed by atoms with Crippen LogP contribution in [0.25, 0.3) is 6.08 Å². The molecule has 0 unspecified atom stereocenters. The van der Waals surface area contributed by atoms with Crippen molar-refractivity contribution in [1.29, 1.82) is 0 Å². The molecular weight excluding hydrogens is 490 g/mol. The molecule has 2 heterocycles. The summed E-state index contributed by atoms with van der Waals surface area (Å²) in [4.78, 5) is 33.9. The summed E-state index contributed by atoms with van der Waals surface area (Å²) in [5.41, 5.74) is 2.51. The van der Waals surface area contributed by atoms with Gasteiger partial charge in [-0.15, -0.1) is 0 Å². The van der Waals surface area contributed by atoms with Crippen molar-refractivity contribution in [3.05, 3.63) is 102 Å². The lowest BCUT2D eigenvalue weighted by Crippen LogP contribution is -2.45. The SMILES string of the molecule is CCOC(=O)C=Cc1ccc(N(C(=O)OC(C)(C)C)[C@@H]2CCN(C(c3ccccc3)c3ccccc3)C2)nc1. The molecule has 1 fully saturated rings. The molecule has 0 spiro atoms. The van der Waals surface area contributed by atoms with Crippen molar-refractivity contribution < 1.29 is 19.1 Å². The van der Waals surface area contributed by atoms with E-state index in [2.05, 4.69) is 58.4 Å². The zero-order valence-corrected chi connectivity index (χ0v) is 23.1. The number of esters is 1. The number of ether oxygens (including phenoxy) is 2. The maximum atomic E-state index is 13.5. The van der Waals surface area contributed by atoms with Gasteiger partial charge in [-0.05, 0) is 69.0 Å². The summed E-state index contributed by atoms with van der Waals surface area (Å²) in [6, 6.07) is 24.5. The molecular formula is C32H37N3O4. The Morgan fingerprint density at radius 3 is 2.21 bits per heavy atom. The molecule has 1 aliphatic rings. The lowest BCUT2D eigenvalue weighted by molar-refractivity contribution is -0.137. The van der Waals surface area contributed by atoms with Gasteiger partial charge in [0.05, 0.1) is 18.7 Å². The van der Waals surface area contributed by atoms with E-state index in [1.165, 1.54) is 17.2 Å². The summed E-state index contributed by atoms with van der Waals surface area (Å²) >= 11 is 0. The Hall–Kier alpha value is -3.97. The minimum atomic E-state index is -0.646. The van der Waals surface area contributed by atoms with Crippen LogP contribution in [-0.2, 0) is 14.3 Å². The summed E-state index contributed by atoms with van der Waals surface area (Å²) in [6.45, 7) is 9.15. The molecule has 7 nitrogen and oxygen atoms in total. The topological polar surface area (TPSA) is 72.0 Å². The van der Waals surface area contributed by atoms with Gasteiger partial charge in [-0.1, -0.05) is 60.7 Å². The number of carbonyl (C=O) groups is 2. The van der Waals surface area contributed by atoms with Gasteiger partial charge in [0.25, 0.3) is 0 Å². The first kappa shape index (κ1) is 28.0. The van der Waals surface area contributed by atoms with Gasteiger partial charge in [0.1, 0.15) is 11.4 Å². The molecule has 0 radical (unpaired) electrons. The predicted molar refractivity (Wildman–Crippen MR) is 153 cm³/mol. The van der Waals surface area contributed by atoms with Gasteiger partial charge in [-0.2, -0.15) is 0 Å². The average molecular weight is 528 g/mol. The van der Waals surface area contributed by atoms with E-state index in [4.69, 9.17) is 9.47 Å². The van der Waals surface area contributed by atoms with Crippen LogP contribution in [0.1, 0.15) is 56.8 Å². The summed E-state index contributed by atoms with van der Waals surface area (Å²) in [5, 5.41) is 0. The minimum Gasteiger partial charge on any atom is -0.463 e. The lowest BCUT2D eigenvalue weighted by Gasteiger charge is -2.32. The molecule has 0 N–H and O–H groups in total. The number of hydrogen-bond acceptors (Lipinski definition) is 6. The van der Waals surface area contributed by atoms with E-state index in [1.54, 1.807) is 30.2 Å². The monoisotopic (exact) mass is 527 g/mol. The molecule has 1 amide bonds. The van der Waals surface area contributed by atoms with Crippen LogP contribution in [0.2, 0.25) is 0 Å². The van der Waals surface area contributed by atoms with E-state index in [1.807, 2.05) is 39.0 Å². The van der Waals surface area contributed by atoms with Crippen molar-refractivity contribution in [1.82, 2.24) is 9.88 Å². The van der Waals surface area contributed by atoms with Gasteiger partial charge < -0.3 is 9.47 Å². The Bertz CT molecular complexity index is 1210. The molecule has 0 aliphatic carbocycles. The number of nitrogens with zero attached hydrogens (tertiary/aromatic N) is 3. The standard InChI is InChI=1S/C32H37N3O4/c1-5-38-29(36)19-17-24-16-18-28(33-22-24)35(31(37)39-32(2,3)4)27-20-21-34(23-27)30(25-12-8-6-9-13-25)26-14-10-7-11-15-26/h6-19,22,27,30H,5,20-21,23H2,1-4H3/t27-/m1/s1. The molecule has 39 heavy (non-hydrogen) atoms.